The zero-order valence-electron chi connectivity index (χ0n) is 16.0. The number of sulfonamides is 1. The van der Waals surface area contributed by atoms with Gasteiger partial charge in [-0.1, -0.05) is 19.1 Å². The predicted octanol–water partition coefficient (Wildman–Crippen LogP) is 3.37. The molecule has 0 aliphatic rings. The summed E-state index contributed by atoms with van der Waals surface area (Å²) in [7, 11) is 0.454. The Kier molecular flexibility index (Phi) is 7.06. The van der Waals surface area contributed by atoms with Crippen molar-refractivity contribution in [3.05, 3.63) is 53.6 Å². The molecule has 0 radical (unpaired) electrons. The van der Waals surface area contributed by atoms with Gasteiger partial charge in [0.1, 0.15) is 5.75 Å². The van der Waals surface area contributed by atoms with Crippen molar-refractivity contribution < 1.29 is 13.2 Å². The summed E-state index contributed by atoms with van der Waals surface area (Å²) in [6.07, 6.45) is 1.56. The molecule has 142 valence electrons. The van der Waals surface area contributed by atoms with Crippen LogP contribution >= 0.6 is 0 Å². The van der Waals surface area contributed by atoms with Gasteiger partial charge in [0.25, 0.3) is 0 Å². The second-order valence-corrected chi connectivity index (χ2v) is 8.25. The van der Waals surface area contributed by atoms with Crippen LogP contribution in [0, 0.1) is 6.92 Å². The van der Waals surface area contributed by atoms with Gasteiger partial charge >= 0.3 is 0 Å². The summed E-state index contributed by atoms with van der Waals surface area (Å²) in [5.41, 5.74) is 3.04. The van der Waals surface area contributed by atoms with Gasteiger partial charge in [0, 0.05) is 26.3 Å². The first kappa shape index (κ1) is 20.3. The Hall–Kier alpha value is -2.05. The van der Waals surface area contributed by atoms with Crippen LogP contribution in [-0.4, -0.2) is 35.7 Å². The van der Waals surface area contributed by atoms with Crippen molar-refractivity contribution >= 4 is 15.7 Å². The van der Waals surface area contributed by atoms with E-state index in [1.54, 1.807) is 18.2 Å². The summed E-state index contributed by atoms with van der Waals surface area (Å²) >= 11 is 0. The standard InChI is InChI=1S/C20H28N2O3S/c1-5-14-25-20-11-10-19(15-16(20)2)26(23,24)21-13-12-17-6-8-18(9-7-17)22(3)4/h6-11,15,21H,5,12-14H2,1-4H3. The molecular weight excluding hydrogens is 348 g/mol. The van der Waals surface area contributed by atoms with Crippen LogP contribution in [0.1, 0.15) is 24.5 Å². The third kappa shape index (κ3) is 5.47. The second-order valence-electron chi connectivity index (χ2n) is 6.48. The third-order valence-electron chi connectivity index (χ3n) is 4.08. The van der Waals surface area contributed by atoms with E-state index in [9.17, 15) is 8.42 Å². The van der Waals surface area contributed by atoms with E-state index in [0.717, 1.165) is 29.0 Å². The van der Waals surface area contributed by atoms with Crippen molar-refractivity contribution in [3.8, 4) is 5.75 Å². The summed E-state index contributed by atoms with van der Waals surface area (Å²) in [4.78, 5) is 2.30. The van der Waals surface area contributed by atoms with Gasteiger partial charge in [-0.05, 0) is 61.2 Å². The smallest absolute Gasteiger partial charge is 0.240 e. The van der Waals surface area contributed by atoms with Crippen molar-refractivity contribution in [2.75, 3.05) is 32.1 Å². The maximum atomic E-state index is 12.5. The van der Waals surface area contributed by atoms with Gasteiger partial charge in [0.05, 0.1) is 11.5 Å². The largest absolute Gasteiger partial charge is 0.493 e. The summed E-state index contributed by atoms with van der Waals surface area (Å²) in [5.74, 6) is 0.729. The van der Waals surface area contributed by atoms with Crippen molar-refractivity contribution in [1.29, 1.82) is 0 Å². The lowest BCUT2D eigenvalue weighted by Crippen LogP contribution is -2.26. The van der Waals surface area contributed by atoms with Crippen LogP contribution < -0.4 is 14.4 Å². The number of hydrogen-bond acceptors (Lipinski definition) is 4. The summed E-state index contributed by atoms with van der Waals surface area (Å²) < 4.78 is 33.2. The van der Waals surface area contributed by atoms with Crippen molar-refractivity contribution in [1.82, 2.24) is 4.72 Å². The maximum absolute atomic E-state index is 12.5. The molecule has 2 rings (SSSR count). The first-order valence-corrected chi connectivity index (χ1v) is 10.3. The summed E-state index contributed by atoms with van der Waals surface area (Å²) in [5, 5.41) is 0. The van der Waals surface area contributed by atoms with E-state index in [4.69, 9.17) is 4.74 Å². The quantitative estimate of drug-likeness (QED) is 0.729. The Morgan fingerprint density at radius 3 is 2.35 bits per heavy atom. The highest BCUT2D eigenvalue weighted by molar-refractivity contribution is 7.89. The molecule has 0 amide bonds. The topological polar surface area (TPSA) is 58.6 Å². The maximum Gasteiger partial charge on any atom is 0.240 e. The molecule has 0 saturated carbocycles. The molecule has 0 heterocycles. The number of nitrogens with one attached hydrogen (secondary N) is 1. The minimum Gasteiger partial charge on any atom is -0.493 e. The molecule has 0 atom stereocenters. The Bertz CT molecular complexity index is 815. The van der Waals surface area contributed by atoms with Crippen molar-refractivity contribution in [3.63, 3.8) is 0 Å². The lowest BCUT2D eigenvalue weighted by Gasteiger charge is -2.13. The molecule has 26 heavy (non-hydrogen) atoms. The lowest BCUT2D eigenvalue weighted by molar-refractivity contribution is 0.315. The molecule has 0 aliphatic carbocycles. The van der Waals surface area contributed by atoms with Crippen LogP contribution in [-0.2, 0) is 16.4 Å². The third-order valence-corrected chi connectivity index (χ3v) is 5.54. The first-order chi connectivity index (χ1) is 12.3. The molecule has 0 saturated heterocycles. The molecule has 2 aromatic carbocycles. The summed E-state index contributed by atoms with van der Waals surface area (Å²) in [6, 6.07) is 13.1. The highest BCUT2D eigenvalue weighted by atomic mass is 32.2. The van der Waals surface area contributed by atoms with E-state index < -0.39 is 10.0 Å². The van der Waals surface area contributed by atoms with Gasteiger partial charge < -0.3 is 9.64 Å². The number of nitrogens with zero attached hydrogens (tertiary/aromatic N) is 1. The van der Waals surface area contributed by atoms with Crippen LogP contribution in [0.4, 0.5) is 5.69 Å². The fourth-order valence-corrected chi connectivity index (χ4v) is 3.65. The monoisotopic (exact) mass is 376 g/mol. The number of hydrogen-bond donors (Lipinski definition) is 1. The van der Waals surface area contributed by atoms with Crippen molar-refractivity contribution in [2.24, 2.45) is 0 Å². The minimum atomic E-state index is -3.53. The Labute approximate surface area is 157 Å². The predicted molar refractivity (Wildman–Crippen MR) is 107 cm³/mol. The molecular formula is C20H28N2O3S. The first-order valence-electron chi connectivity index (χ1n) is 8.83. The second kappa shape index (κ2) is 9.05. The van der Waals surface area contributed by atoms with Crippen LogP contribution in [0.25, 0.3) is 0 Å². The highest BCUT2D eigenvalue weighted by Crippen LogP contribution is 2.22. The van der Waals surface area contributed by atoms with E-state index in [1.807, 2.05) is 57.1 Å². The molecule has 0 fully saturated rings. The van der Waals surface area contributed by atoms with Gasteiger partial charge in [-0.25, -0.2) is 13.1 Å². The van der Waals surface area contributed by atoms with Gasteiger partial charge in [0.2, 0.25) is 10.0 Å². The number of ether oxygens (including phenoxy) is 1. The number of benzene rings is 2. The molecule has 0 unspecified atom stereocenters. The van der Waals surface area contributed by atoms with E-state index >= 15 is 0 Å². The zero-order chi connectivity index (χ0) is 19.2. The van der Waals surface area contributed by atoms with E-state index in [1.165, 1.54) is 0 Å². The van der Waals surface area contributed by atoms with E-state index in [-0.39, 0.29) is 4.90 Å². The average molecular weight is 377 g/mol. The Morgan fingerprint density at radius 1 is 1.08 bits per heavy atom. The molecule has 6 heteroatoms. The fourth-order valence-electron chi connectivity index (χ4n) is 2.54. The van der Waals surface area contributed by atoms with Gasteiger partial charge in [0.15, 0.2) is 0 Å². The SMILES string of the molecule is CCCOc1ccc(S(=O)(=O)NCCc2ccc(N(C)C)cc2)cc1C. The fraction of sp³-hybridized carbons (Fsp3) is 0.400. The van der Waals surface area contributed by atoms with Gasteiger partial charge in [-0.2, -0.15) is 0 Å². The average Bonchev–Trinajstić information content (AvgIpc) is 2.61. The normalized spacial score (nSPS) is 11.4. The Balaban J connectivity index is 1.96. The zero-order valence-corrected chi connectivity index (χ0v) is 16.8. The molecule has 0 bridgehead atoms. The molecule has 0 aromatic heterocycles. The molecule has 0 spiro atoms. The molecule has 5 nitrogen and oxygen atoms in total. The van der Waals surface area contributed by atoms with Crippen LogP contribution in [0.15, 0.2) is 47.4 Å². The molecule has 2 aromatic rings. The van der Waals surface area contributed by atoms with E-state index in [2.05, 4.69) is 4.72 Å². The van der Waals surface area contributed by atoms with Gasteiger partial charge in [-0.15, -0.1) is 0 Å². The van der Waals surface area contributed by atoms with Crippen LogP contribution in [0.2, 0.25) is 0 Å². The van der Waals surface area contributed by atoms with Gasteiger partial charge in [-0.3, -0.25) is 0 Å². The minimum absolute atomic E-state index is 0.266. The molecule has 0 aliphatic heterocycles. The van der Waals surface area contributed by atoms with Crippen LogP contribution in [0.3, 0.4) is 0 Å². The van der Waals surface area contributed by atoms with E-state index in [0.29, 0.717) is 19.6 Å². The lowest BCUT2D eigenvalue weighted by atomic mass is 10.1. The summed E-state index contributed by atoms with van der Waals surface area (Å²) in [6.45, 7) is 4.87. The highest BCUT2D eigenvalue weighted by Gasteiger charge is 2.15. The van der Waals surface area contributed by atoms with Crippen molar-refractivity contribution in [2.45, 2.75) is 31.6 Å². The number of rotatable bonds is 9. The number of anilines is 1. The molecule has 1 N–H and O–H groups in total. The Morgan fingerprint density at radius 2 is 1.77 bits per heavy atom. The number of aryl methyl sites for hydroxylation is 1. The van der Waals surface area contributed by atoms with Crippen LogP contribution in [0.5, 0.6) is 5.75 Å².